The summed E-state index contributed by atoms with van der Waals surface area (Å²) >= 11 is 0. The maximum absolute atomic E-state index is 13.5. The van der Waals surface area contributed by atoms with Gasteiger partial charge in [-0.05, 0) is 72.8 Å². The number of aliphatic imine (C=N–C) groups is 1. The van der Waals surface area contributed by atoms with Crippen LogP contribution < -0.4 is 20.9 Å². The quantitative estimate of drug-likeness (QED) is 0.271. The lowest BCUT2D eigenvalue weighted by atomic mass is 9.99. The number of nitrogens with zero attached hydrogens (tertiary/aromatic N) is 5. The van der Waals surface area contributed by atoms with Gasteiger partial charge in [-0.25, -0.2) is 14.6 Å². The number of fused-ring (bicyclic) bond motifs is 3. The molecule has 2 N–H and O–H groups in total. The van der Waals surface area contributed by atoms with Crippen molar-refractivity contribution in [1.82, 2.24) is 23.3 Å². The molecule has 0 saturated carbocycles. The highest BCUT2D eigenvalue weighted by Crippen LogP contribution is 2.39. The molecule has 0 bridgehead atoms. The van der Waals surface area contributed by atoms with Crippen LogP contribution in [0.2, 0.25) is 0 Å². The van der Waals surface area contributed by atoms with Gasteiger partial charge in [-0.15, -0.1) is 0 Å². The molecule has 0 fully saturated rings. The van der Waals surface area contributed by atoms with Crippen LogP contribution in [0.5, 0.6) is 17.4 Å². The van der Waals surface area contributed by atoms with Crippen LogP contribution in [-0.4, -0.2) is 54.2 Å². The Bertz CT molecular complexity index is 2610. The molecule has 3 aromatic heterocycles. The zero-order valence-corrected chi connectivity index (χ0v) is 26.3. The van der Waals surface area contributed by atoms with E-state index < -0.39 is 5.91 Å². The van der Waals surface area contributed by atoms with Crippen molar-refractivity contribution in [1.29, 1.82) is 0 Å². The third kappa shape index (κ3) is 4.09. The van der Waals surface area contributed by atoms with Gasteiger partial charge in [-0.3, -0.25) is 23.1 Å². The van der Waals surface area contributed by atoms with Gasteiger partial charge in [-0.1, -0.05) is 12.1 Å². The Hall–Kier alpha value is -6.56. The largest absolute Gasteiger partial charge is 0.497 e. The standard InChI is InChI=1S/C36H28N6O6/c1-39-27-17-19(5-15-25(27)41(35(39)45)21-7-11-23(47-3)12-8-21)31-29-30(34(44)37-31)32(38-33(29)43)20-6-16-26-28(18-20)40(2)36(46)42(26)22-9-13-24(48-4)14-10-22/h5-18,37,44H,1-4H3. The third-order valence-electron chi connectivity index (χ3n) is 8.98. The molecule has 0 radical (unpaired) electrons. The zero-order chi connectivity index (χ0) is 33.4. The number of aromatic amines is 1. The van der Waals surface area contributed by atoms with E-state index >= 15 is 0 Å². The van der Waals surface area contributed by atoms with E-state index in [2.05, 4.69) is 9.98 Å². The molecule has 238 valence electrons. The topological polar surface area (TPSA) is 138 Å². The number of aromatic hydroxyl groups is 1. The first-order valence-corrected chi connectivity index (χ1v) is 15.0. The van der Waals surface area contributed by atoms with E-state index in [9.17, 15) is 19.5 Å². The highest BCUT2D eigenvalue weighted by atomic mass is 16.5. The van der Waals surface area contributed by atoms with Crippen molar-refractivity contribution in [2.75, 3.05) is 14.2 Å². The van der Waals surface area contributed by atoms with Crippen LogP contribution in [0.15, 0.2) is 99.5 Å². The molecular formula is C36H28N6O6. The number of ether oxygens (including phenoxy) is 2. The van der Waals surface area contributed by atoms with Gasteiger partial charge in [-0.2, -0.15) is 0 Å². The third-order valence-corrected chi connectivity index (χ3v) is 8.98. The number of benzene rings is 4. The van der Waals surface area contributed by atoms with Gasteiger partial charge in [0.15, 0.2) is 5.88 Å². The van der Waals surface area contributed by atoms with Gasteiger partial charge in [0.05, 0.1) is 70.2 Å². The van der Waals surface area contributed by atoms with Crippen LogP contribution in [0, 0.1) is 0 Å². The molecule has 8 rings (SSSR count). The van der Waals surface area contributed by atoms with Gasteiger partial charge < -0.3 is 19.6 Å². The molecule has 0 spiro atoms. The van der Waals surface area contributed by atoms with Crippen molar-refractivity contribution < 1.29 is 19.4 Å². The van der Waals surface area contributed by atoms with Gasteiger partial charge in [0.25, 0.3) is 5.91 Å². The molecule has 1 aliphatic rings. The number of rotatable bonds is 6. The number of nitrogens with one attached hydrogen (secondary N) is 1. The minimum Gasteiger partial charge on any atom is -0.497 e. The van der Waals surface area contributed by atoms with Crippen molar-refractivity contribution in [3.8, 4) is 40.0 Å². The smallest absolute Gasteiger partial charge is 0.333 e. The number of hydrogen-bond acceptors (Lipinski definition) is 6. The van der Waals surface area contributed by atoms with Crippen LogP contribution in [0.1, 0.15) is 21.5 Å². The number of methoxy groups -OCH3 is 2. The Kier molecular flexibility index (Phi) is 6.31. The zero-order valence-electron chi connectivity index (χ0n) is 26.3. The van der Waals surface area contributed by atoms with Gasteiger partial charge >= 0.3 is 11.4 Å². The maximum Gasteiger partial charge on any atom is 0.333 e. The lowest BCUT2D eigenvalue weighted by molar-refractivity contribution is 0.101. The fourth-order valence-corrected chi connectivity index (χ4v) is 6.51. The van der Waals surface area contributed by atoms with Crippen LogP contribution in [0.25, 0.3) is 44.7 Å². The van der Waals surface area contributed by atoms with Crippen molar-refractivity contribution in [2.24, 2.45) is 19.1 Å². The lowest BCUT2D eigenvalue weighted by Gasteiger charge is -2.06. The van der Waals surface area contributed by atoms with Crippen molar-refractivity contribution >= 4 is 33.7 Å². The average molecular weight is 641 g/mol. The Labute approximate surface area is 272 Å². The van der Waals surface area contributed by atoms with Crippen LogP contribution >= 0.6 is 0 Å². The summed E-state index contributed by atoms with van der Waals surface area (Å²) in [5.41, 5.74) is 5.82. The van der Waals surface area contributed by atoms with Crippen LogP contribution in [0.3, 0.4) is 0 Å². The fourth-order valence-electron chi connectivity index (χ4n) is 6.51. The summed E-state index contributed by atoms with van der Waals surface area (Å²) in [6.07, 6.45) is 0. The number of carbonyl (C=O) groups is 1. The molecule has 0 aliphatic carbocycles. The average Bonchev–Trinajstić information content (AvgIpc) is 3.79. The Morgan fingerprint density at radius 3 is 1.60 bits per heavy atom. The molecule has 0 saturated heterocycles. The van der Waals surface area contributed by atoms with Crippen molar-refractivity contribution in [3.05, 3.63) is 123 Å². The molecule has 4 heterocycles. The van der Waals surface area contributed by atoms with Gasteiger partial charge in [0, 0.05) is 25.2 Å². The number of H-pyrrole nitrogens is 1. The van der Waals surface area contributed by atoms with E-state index in [-0.39, 0.29) is 28.4 Å². The summed E-state index contributed by atoms with van der Waals surface area (Å²) in [5.74, 6) is 0.632. The molecule has 0 atom stereocenters. The first kappa shape index (κ1) is 28.9. The molecule has 0 unspecified atom stereocenters. The number of imidazole rings is 2. The predicted octanol–water partition coefficient (Wildman–Crippen LogP) is 4.68. The Morgan fingerprint density at radius 2 is 1.10 bits per heavy atom. The summed E-state index contributed by atoms with van der Waals surface area (Å²) in [6, 6.07) is 25.2. The highest BCUT2D eigenvalue weighted by Gasteiger charge is 2.34. The highest BCUT2D eigenvalue weighted by molar-refractivity contribution is 6.30. The van der Waals surface area contributed by atoms with E-state index in [1.165, 1.54) is 9.13 Å². The Balaban J connectivity index is 1.20. The molecule has 1 amide bonds. The number of aryl methyl sites for hydroxylation is 2. The summed E-state index contributed by atoms with van der Waals surface area (Å²) in [6.45, 7) is 0. The molecule has 4 aromatic carbocycles. The second-order valence-corrected chi connectivity index (χ2v) is 11.5. The van der Waals surface area contributed by atoms with E-state index in [1.807, 2.05) is 30.3 Å². The predicted molar refractivity (Wildman–Crippen MR) is 182 cm³/mol. The van der Waals surface area contributed by atoms with Crippen molar-refractivity contribution in [2.45, 2.75) is 0 Å². The molecule has 48 heavy (non-hydrogen) atoms. The second kappa shape index (κ2) is 10.5. The monoisotopic (exact) mass is 640 g/mol. The summed E-state index contributed by atoms with van der Waals surface area (Å²) in [7, 11) is 6.53. The second-order valence-electron chi connectivity index (χ2n) is 11.5. The van der Waals surface area contributed by atoms with Gasteiger partial charge in [0.1, 0.15) is 11.5 Å². The number of aromatic nitrogens is 5. The summed E-state index contributed by atoms with van der Waals surface area (Å²) < 4.78 is 16.8. The van der Waals surface area contributed by atoms with E-state index in [0.717, 1.165) is 0 Å². The van der Waals surface area contributed by atoms with E-state index in [0.29, 0.717) is 67.5 Å². The minimum absolute atomic E-state index is 0.209. The lowest BCUT2D eigenvalue weighted by Crippen LogP contribution is -2.20. The van der Waals surface area contributed by atoms with E-state index in [4.69, 9.17) is 9.47 Å². The molecule has 12 nitrogen and oxygen atoms in total. The molecule has 7 aromatic rings. The SMILES string of the molecule is COc1ccc(-n2c(=O)n(C)c3cc(C4=NC(=O)c5c(-c6ccc7c(c6)n(C)c(=O)n7-c6ccc(OC)cc6)[nH]c(O)c54)ccc32)cc1. The molecular weight excluding hydrogens is 612 g/mol. The number of carbonyl (C=O) groups excluding carboxylic acids is 1. The first-order chi connectivity index (χ1) is 23.2. The van der Waals surface area contributed by atoms with Crippen LogP contribution in [-0.2, 0) is 14.1 Å². The first-order valence-electron chi connectivity index (χ1n) is 15.0. The maximum atomic E-state index is 13.5. The van der Waals surface area contributed by atoms with Crippen LogP contribution in [0.4, 0.5) is 0 Å². The van der Waals surface area contributed by atoms with Gasteiger partial charge in [0.2, 0.25) is 0 Å². The fraction of sp³-hybridized carbons (Fsp3) is 0.111. The number of hydrogen-bond donors (Lipinski definition) is 2. The Morgan fingerprint density at radius 1 is 0.625 bits per heavy atom. The molecule has 12 heteroatoms. The van der Waals surface area contributed by atoms with Crippen molar-refractivity contribution in [3.63, 3.8) is 0 Å². The summed E-state index contributed by atoms with van der Waals surface area (Å²) in [4.78, 5) is 47.4. The molecule has 1 aliphatic heterocycles. The normalized spacial score (nSPS) is 12.6. The summed E-state index contributed by atoms with van der Waals surface area (Å²) in [5, 5.41) is 11.2. The van der Waals surface area contributed by atoms with E-state index in [1.54, 1.807) is 92.0 Å². The minimum atomic E-state index is -0.513. The number of amides is 1.